The van der Waals surface area contributed by atoms with Crippen LogP contribution >= 0.6 is 12.6 Å². The zero-order chi connectivity index (χ0) is 22.3. The van der Waals surface area contributed by atoms with Gasteiger partial charge in [-0.2, -0.15) is 5.10 Å². The maximum atomic E-state index is 11.5. The molecule has 0 radical (unpaired) electrons. The van der Waals surface area contributed by atoms with Crippen LogP contribution in [0.4, 0.5) is 0 Å². The Labute approximate surface area is 193 Å². The predicted octanol–water partition coefficient (Wildman–Crippen LogP) is 2.12. The third kappa shape index (κ3) is 5.53. The molecule has 170 valence electrons. The molecule has 1 saturated heterocycles. The summed E-state index contributed by atoms with van der Waals surface area (Å²) in [6.45, 7) is 5.49. The summed E-state index contributed by atoms with van der Waals surface area (Å²) in [4.78, 5) is 15.9. The van der Waals surface area contributed by atoms with E-state index in [0.717, 1.165) is 55.6 Å². The molecule has 2 N–H and O–H groups in total. The number of aromatic carboxylic acids is 1. The Hall–Kier alpha value is -2.75. The lowest BCUT2D eigenvalue weighted by Crippen LogP contribution is -2.38. The van der Waals surface area contributed by atoms with E-state index >= 15 is 0 Å². The average Bonchev–Trinajstić information content (AvgIpc) is 3.19. The van der Waals surface area contributed by atoms with Gasteiger partial charge >= 0.3 is 5.97 Å². The number of carboxylic acids is 1. The lowest BCUT2D eigenvalue weighted by Gasteiger charge is -2.26. The van der Waals surface area contributed by atoms with Crippen molar-refractivity contribution in [2.75, 3.05) is 46.0 Å². The van der Waals surface area contributed by atoms with Gasteiger partial charge < -0.3 is 19.5 Å². The summed E-state index contributed by atoms with van der Waals surface area (Å²) in [7, 11) is 0. The van der Waals surface area contributed by atoms with E-state index in [1.165, 1.54) is 0 Å². The van der Waals surface area contributed by atoms with Gasteiger partial charge in [0.25, 0.3) is 0 Å². The highest BCUT2D eigenvalue weighted by molar-refractivity contribution is 7.80. The quantitative estimate of drug-likeness (QED) is 0.498. The molecule has 2 heterocycles. The number of hydrazone groups is 1. The first-order valence-electron chi connectivity index (χ1n) is 10.7. The van der Waals surface area contributed by atoms with Gasteiger partial charge in [-0.05, 0) is 30.2 Å². The van der Waals surface area contributed by atoms with Crippen LogP contribution in [0.5, 0.6) is 5.75 Å². The summed E-state index contributed by atoms with van der Waals surface area (Å²) in [5, 5.41) is 13.9. The summed E-state index contributed by atoms with van der Waals surface area (Å²) in [5.41, 5.74) is 4.74. The summed E-state index contributed by atoms with van der Waals surface area (Å²) >= 11 is 4.59. The van der Waals surface area contributed by atoms with Crippen LogP contribution in [0, 0.1) is 0 Å². The Kier molecular flexibility index (Phi) is 7.51. The zero-order valence-electron chi connectivity index (χ0n) is 17.8. The van der Waals surface area contributed by atoms with Crippen molar-refractivity contribution in [2.45, 2.75) is 11.9 Å². The molecule has 1 fully saturated rings. The molecule has 8 nitrogen and oxygen atoms in total. The van der Waals surface area contributed by atoms with E-state index in [-0.39, 0.29) is 5.50 Å². The van der Waals surface area contributed by atoms with Crippen molar-refractivity contribution >= 4 is 24.4 Å². The standard InChI is InChI=1S/C23H28N4O4S/c28-22(29)20-7-2-1-4-17(20)8-9-27-21(24-25-23(27)32)18-5-3-6-19(16-18)31-15-12-26-10-13-30-14-11-26/h1-7,16,23,25,32H,8-15H2,(H,28,29). The molecule has 0 saturated carbocycles. The molecule has 0 spiro atoms. The number of rotatable bonds is 9. The molecule has 2 aliphatic heterocycles. The summed E-state index contributed by atoms with van der Waals surface area (Å²) in [6.07, 6.45) is 0.565. The lowest BCUT2D eigenvalue weighted by molar-refractivity contribution is 0.0322. The summed E-state index contributed by atoms with van der Waals surface area (Å²) in [6, 6.07) is 14.9. The monoisotopic (exact) mass is 456 g/mol. The molecule has 1 atom stereocenters. The second kappa shape index (κ2) is 10.7. The van der Waals surface area contributed by atoms with Crippen LogP contribution in [0.15, 0.2) is 53.6 Å². The molecule has 0 aliphatic carbocycles. The first-order valence-corrected chi connectivity index (χ1v) is 11.3. The topological polar surface area (TPSA) is 86.6 Å². The molecular weight excluding hydrogens is 428 g/mol. The molecule has 4 rings (SSSR count). The first kappa shape index (κ1) is 22.4. The Balaban J connectivity index is 1.39. The van der Waals surface area contributed by atoms with E-state index in [4.69, 9.17) is 9.47 Å². The molecule has 32 heavy (non-hydrogen) atoms. The number of benzene rings is 2. The number of morpholine rings is 1. The van der Waals surface area contributed by atoms with Crippen LogP contribution in [0.2, 0.25) is 0 Å². The van der Waals surface area contributed by atoms with Crippen LogP contribution in [0.3, 0.4) is 0 Å². The van der Waals surface area contributed by atoms with Crippen molar-refractivity contribution in [1.82, 2.24) is 15.2 Å². The van der Waals surface area contributed by atoms with E-state index in [0.29, 0.717) is 25.1 Å². The van der Waals surface area contributed by atoms with Crippen LogP contribution in [-0.4, -0.2) is 78.2 Å². The minimum atomic E-state index is -0.918. The second-order valence-electron chi connectivity index (χ2n) is 7.67. The average molecular weight is 457 g/mol. The van der Waals surface area contributed by atoms with Crippen LogP contribution in [-0.2, 0) is 11.2 Å². The highest BCUT2D eigenvalue weighted by Crippen LogP contribution is 2.21. The van der Waals surface area contributed by atoms with E-state index in [9.17, 15) is 9.90 Å². The van der Waals surface area contributed by atoms with Crippen molar-refractivity contribution in [1.29, 1.82) is 0 Å². The van der Waals surface area contributed by atoms with Crippen molar-refractivity contribution in [3.05, 3.63) is 65.2 Å². The minimum absolute atomic E-state index is 0.284. The van der Waals surface area contributed by atoms with Gasteiger partial charge in [0.05, 0.1) is 18.8 Å². The number of nitrogens with zero attached hydrogens (tertiary/aromatic N) is 3. The van der Waals surface area contributed by atoms with Crippen molar-refractivity contribution in [3.63, 3.8) is 0 Å². The van der Waals surface area contributed by atoms with Crippen molar-refractivity contribution in [3.8, 4) is 5.75 Å². The number of thiol groups is 1. The number of ether oxygens (including phenoxy) is 2. The number of carboxylic acid groups (broad SMARTS) is 1. The highest BCUT2D eigenvalue weighted by Gasteiger charge is 2.26. The number of nitrogens with one attached hydrogen (secondary N) is 1. The molecule has 0 amide bonds. The number of hydrogen-bond donors (Lipinski definition) is 3. The molecule has 1 unspecified atom stereocenters. The molecule has 0 bridgehead atoms. The van der Waals surface area contributed by atoms with E-state index in [1.807, 2.05) is 41.3 Å². The maximum Gasteiger partial charge on any atom is 0.335 e. The molecule has 2 aromatic rings. The second-order valence-corrected chi connectivity index (χ2v) is 8.16. The van der Waals surface area contributed by atoms with Gasteiger partial charge in [0.2, 0.25) is 0 Å². The van der Waals surface area contributed by atoms with Gasteiger partial charge in [-0.25, -0.2) is 4.79 Å². The van der Waals surface area contributed by atoms with Gasteiger partial charge in [-0.1, -0.05) is 30.3 Å². The van der Waals surface area contributed by atoms with Crippen molar-refractivity contribution in [2.24, 2.45) is 5.10 Å². The lowest BCUT2D eigenvalue weighted by atomic mass is 10.0. The van der Waals surface area contributed by atoms with E-state index < -0.39 is 5.97 Å². The zero-order valence-corrected chi connectivity index (χ0v) is 18.7. The normalized spacial score (nSPS) is 18.8. The van der Waals surface area contributed by atoms with Crippen LogP contribution in [0.1, 0.15) is 21.5 Å². The van der Waals surface area contributed by atoms with E-state index in [1.54, 1.807) is 12.1 Å². The predicted molar refractivity (Wildman–Crippen MR) is 125 cm³/mol. The van der Waals surface area contributed by atoms with Crippen LogP contribution in [0.25, 0.3) is 0 Å². The number of hydrogen-bond acceptors (Lipinski definition) is 8. The van der Waals surface area contributed by atoms with Crippen molar-refractivity contribution < 1.29 is 19.4 Å². The first-order chi connectivity index (χ1) is 15.6. The fourth-order valence-corrected chi connectivity index (χ4v) is 4.14. The fourth-order valence-electron chi connectivity index (χ4n) is 3.86. The minimum Gasteiger partial charge on any atom is -0.492 e. The van der Waals surface area contributed by atoms with E-state index in [2.05, 4.69) is 28.1 Å². The van der Waals surface area contributed by atoms with Gasteiger partial charge in [0.15, 0.2) is 11.3 Å². The van der Waals surface area contributed by atoms with Gasteiger partial charge in [0, 0.05) is 31.7 Å². The Morgan fingerprint density at radius 3 is 2.81 bits per heavy atom. The van der Waals surface area contributed by atoms with Crippen LogP contribution < -0.4 is 10.2 Å². The Morgan fingerprint density at radius 1 is 1.19 bits per heavy atom. The molecule has 0 aromatic heterocycles. The molecule has 9 heteroatoms. The Morgan fingerprint density at radius 2 is 2.00 bits per heavy atom. The van der Waals surface area contributed by atoms with Gasteiger partial charge in [-0.3, -0.25) is 10.3 Å². The SMILES string of the molecule is O=C(O)c1ccccc1CCN1C(c2cccc(OCCN3CCOCC3)c2)=NNC1S. The number of carbonyl (C=O) groups is 1. The Bertz CT molecular complexity index is 965. The molecular formula is C23H28N4O4S. The highest BCUT2D eigenvalue weighted by atomic mass is 32.1. The summed E-state index contributed by atoms with van der Waals surface area (Å²) in [5.74, 6) is 0.632. The fraction of sp³-hybridized carbons (Fsp3) is 0.391. The largest absolute Gasteiger partial charge is 0.492 e. The third-order valence-electron chi connectivity index (χ3n) is 5.60. The smallest absolute Gasteiger partial charge is 0.335 e. The number of amidine groups is 1. The molecule has 2 aliphatic rings. The maximum absolute atomic E-state index is 11.5. The van der Waals surface area contributed by atoms with Gasteiger partial charge in [0.1, 0.15) is 12.4 Å². The molecule has 2 aromatic carbocycles. The van der Waals surface area contributed by atoms with Gasteiger partial charge in [-0.15, -0.1) is 12.6 Å². The third-order valence-corrected chi connectivity index (χ3v) is 5.99. The summed E-state index contributed by atoms with van der Waals surface area (Å²) < 4.78 is 11.4.